The Hall–Kier alpha value is -0.140. The quantitative estimate of drug-likeness (QED) is 0.616. The van der Waals surface area contributed by atoms with Crippen molar-refractivity contribution in [3.63, 3.8) is 0 Å². The summed E-state index contributed by atoms with van der Waals surface area (Å²) in [6.45, 7) is 0.718. The molecule has 62 valence electrons. The molecule has 0 spiro atoms. The van der Waals surface area contributed by atoms with Crippen LogP contribution in [0, 0.1) is 0 Å². The summed E-state index contributed by atoms with van der Waals surface area (Å²) in [5.41, 5.74) is 0. The number of alkyl halides is 3. The molecule has 0 saturated carbocycles. The number of nitrogens with one attached hydrogen (secondary N) is 1. The first-order valence-corrected chi connectivity index (χ1v) is 3.33. The fourth-order valence-electron chi connectivity index (χ4n) is 0.211. The van der Waals surface area contributed by atoms with Gasteiger partial charge in [0.1, 0.15) is 6.04 Å². The summed E-state index contributed by atoms with van der Waals surface area (Å²) >= 11 is -2.86. The lowest BCUT2D eigenvalue weighted by Crippen LogP contribution is -2.40. The van der Waals surface area contributed by atoms with Crippen LogP contribution < -0.4 is 4.72 Å². The van der Waals surface area contributed by atoms with Gasteiger partial charge in [0.25, 0.3) is 0 Å². The highest BCUT2D eigenvalue weighted by Crippen LogP contribution is 2.19. The molecule has 7 heteroatoms. The summed E-state index contributed by atoms with van der Waals surface area (Å²) in [5.74, 6) is 0. The fourth-order valence-corrected chi connectivity index (χ4v) is 0.633. The molecule has 0 aliphatic heterocycles. The Bertz CT molecular complexity index is 136. The molecule has 0 fully saturated rings. The highest BCUT2D eigenvalue weighted by atomic mass is 32.2. The zero-order chi connectivity index (χ0) is 8.36. The van der Waals surface area contributed by atoms with E-state index in [4.69, 9.17) is 0 Å². The normalized spacial score (nSPS) is 18.5. The largest absolute Gasteiger partial charge is 0.760 e. The van der Waals surface area contributed by atoms with Crippen molar-refractivity contribution < 1.29 is 21.9 Å². The predicted molar refractivity (Wildman–Crippen MR) is 27.6 cm³/mol. The number of hydrogen-bond donors (Lipinski definition) is 1. The van der Waals surface area contributed by atoms with Crippen LogP contribution in [0.15, 0.2) is 0 Å². The van der Waals surface area contributed by atoms with Gasteiger partial charge < -0.3 is 4.55 Å². The molecule has 0 aliphatic rings. The molecule has 0 radical (unpaired) electrons. The minimum atomic E-state index is -4.51. The van der Waals surface area contributed by atoms with E-state index >= 15 is 0 Å². The van der Waals surface area contributed by atoms with Crippen LogP contribution in [0.3, 0.4) is 0 Å². The van der Waals surface area contributed by atoms with Crippen molar-refractivity contribution in [1.29, 1.82) is 0 Å². The molecular weight excluding hydrogens is 171 g/mol. The highest BCUT2D eigenvalue weighted by Gasteiger charge is 2.35. The Morgan fingerprint density at radius 2 is 2.00 bits per heavy atom. The topological polar surface area (TPSA) is 52.2 Å². The summed E-state index contributed by atoms with van der Waals surface area (Å²) in [4.78, 5) is 0. The molecule has 0 aromatic carbocycles. The Kier molecular flexibility index (Phi) is 3.26. The van der Waals surface area contributed by atoms with Crippen molar-refractivity contribution in [3.8, 4) is 0 Å². The van der Waals surface area contributed by atoms with Crippen LogP contribution in [0.4, 0.5) is 13.2 Å². The van der Waals surface area contributed by atoms with Gasteiger partial charge in [0.2, 0.25) is 0 Å². The third kappa shape index (κ3) is 3.80. The maximum Gasteiger partial charge on any atom is 0.404 e. The monoisotopic (exact) mass is 176 g/mol. The summed E-state index contributed by atoms with van der Waals surface area (Å²) in [6.07, 6.45) is -4.51. The van der Waals surface area contributed by atoms with E-state index in [9.17, 15) is 21.9 Å². The molecule has 2 unspecified atom stereocenters. The van der Waals surface area contributed by atoms with E-state index in [0.717, 1.165) is 6.92 Å². The van der Waals surface area contributed by atoms with Gasteiger partial charge in [-0.2, -0.15) is 13.2 Å². The molecular formula is C3H5F3NO2S-. The van der Waals surface area contributed by atoms with Crippen molar-refractivity contribution in [1.82, 2.24) is 4.72 Å². The summed E-state index contributed by atoms with van der Waals surface area (Å²) in [7, 11) is 0. The summed E-state index contributed by atoms with van der Waals surface area (Å²) in [6, 6.07) is -2.02. The van der Waals surface area contributed by atoms with Crippen molar-refractivity contribution in [3.05, 3.63) is 0 Å². The van der Waals surface area contributed by atoms with Gasteiger partial charge in [-0.25, -0.2) is 4.72 Å². The standard InChI is InChI=1S/C3H6F3NO2S/c1-2(3(4,5)6)7-10(8)9/h2,7H,1H3,(H,8,9)/p-1. The lowest BCUT2D eigenvalue weighted by molar-refractivity contribution is -0.147. The smallest absolute Gasteiger partial charge is 0.404 e. The van der Waals surface area contributed by atoms with Gasteiger partial charge in [-0.05, 0) is 6.92 Å². The molecule has 0 aromatic rings. The van der Waals surface area contributed by atoms with Crippen LogP contribution in [0.2, 0.25) is 0 Å². The molecule has 0 bridgehead atoms. The van der Waals surface area contributed by atoms with E-state index in [0.29, 0.717) is 0 Å². The van der Waals surface area contributed by atoms with Gasteiger partial charge in [0, 0.05) is 11.3 Å². The third-order valence-corrected chi connectivity index (χ3v) is 1.31. The molecule has 0 aliphatic carbocycles. The van der Waals surface area contributed by atoms with Crippen molar-refractivity contribution in [2.24, 2.45) is 0 Å². The highest BCUT2D eigenvalue weighted by molar-refractivity contribution is 7.77. The van der Waals surface area contributed by atoms with Crippen LogP contribution in [0.1, 0.15) is 6.92 Å². The first kappa shape index (κ1) is 9.86. The Morgan fingerprint density at radius 3 is 2.10 bits per heavy atom. The maximum absolute atomic E-state index is 11.5. The summed E-state index contributed by atoms with van der Waals surface area (Å²) in [5, 5.41) is 0. The van der Waals surface area contributed by atoms with E-state index in [2.05, 4.69) is 0 Å². The molecule has 10 heavy (non-hydrogen) atoms. The van der Waals surface area contributed by atoms with Crippen LogP contribution in [0.25, 0.3) is 0 Å². The van der Waals surface area contributed by atoms with Crippen LogP contribution in [-0.4, -0.2) is 21.0 Å². The molecule has 2 atom stereocenters. The number of rotatable bonds is 2. The Morgan fingerprint density at radius 1 is 1.60 bits per heavy atom. The van der Waals surface area contributed by atoms with Crippen LogP contribution in [0.5, 0.6) is 0 Å². The summed E-state index contributed by atoms with van der Waals surface area (Å²) < 4.78 is 55.0. The van der Waals surface area contributed by atoms with E-state index in [1.807, 2.05) is 0 Å². The number of halogens is 3. The Labute approximate surface area is 58.0 Å². The minimum Gasteiger partial charge on any atom is -0.760 e. The van der Waals surface area contributed by atoms with E-state index in [1.54, 1.807) is 0 Å². The lowest BCUT2D eigenvalue weighted by Gasteiger charge is -2.17. The molecule has 0 heterocycles. The van der Waals surface area contributed by atoms with Gasteiger partial charge in [0.15, 0.2) is 0 Å². The second-order valence-corrected chi connectivity index (χ2v) is 2.32. The lowest BCUT2D eigenvalue weighted by atomic mass is 10.4. The number of hydrogen-bond acceptors (Lipinski definition) is 2. The van der Waals surface area contributed by atoms with Crippen molar-refractivity contribution >= 4 is 11.3 Å². The predicted octanol–water partition coefficient (Wildman–Crippen LogP) is 0.321. The molecule has 1 N–H and O–H groups in total. The zero-order valence-electron chi connectivity index (χ0n) is 4.94. The van der Waals surface area contributed by atoms with Crippen LogP contribution >= 0.6 is 0 Å². The van der Waals surface area contributed by atoms with Gasteiger partial charge in [-0.15, -0.1) is 0 Å². The van der Waals surface area contributed by atoms with Crippen molar-refractivity contribution in [2.45, 2.75) is 19.1 Å². The van der Waals surface area contributed by atoms with E-state index < -0.39 is 23.5 Å². The van der Waals surface area contributed by atoms with Crippen LogP contribution in [-0.2, 0) is 11.3 Å². The molecule has 3 nitrogen and oxygen atoms in total. The van der Waals surface area contributed by atoms with Gasteiger partial charge in [0.05, 0.1) is 0 Å². The van der Waals surface area contributed by atoms with Gasteiger partial charge in [-0.3, -0.25) is 4.21 Å². The average Bonchev–Trinajstić information content (AvgIpc) is 1.60. The zero-order valence-corrected chi connectivity index (χ0v) is 5.75. The molecule has 0 rings (SSSR count). The maximum atomic E-state index is 11.5. The first-order valence-electron chi connectivity index (χ1n) is 2.26. The SMILES string of the molecule is CC(NS(=O)[O-])C(F)(F)F. The van der Waals surface area contributed by atoms with E-state index in [-0.39, 0.29) is 0 Å². The first-order chi connectivity index (χ1) is 4.34. The molecule has 0 saturated heterocycles. The Balaban J connectivity index is 3.85. The third-order valence-electron chi connectivity index (χ3n) is 0.764. The van der Waals surface area contributed by atoms with E-state index in [1.165, 1.54) is 4.72 Å². The molecule has 0 aromatic heterocycles. The van der Waals surface area contributed by atoms with Gasteiger partial charge in [-0.1, -0.05) is 0 Å². The van der Waals surface area contributed by atoms with Crippen molar-refractivity contribution in [2.75, 3.05) is 0 Å². The van der Waals surface area contributed by atoms with Gasteiger partial charge >= 0.3 is 6.18 Å². The second-order valence-electron chi connectivity index (χ2n) is 1.62. The minimum absolute atomic E-state index is 0.718. The average molecular weight is 176 g/mol. The fraction of sp³-hybridized carbons (Fsp3) is 1.00. The second kappa shape index (κ2) is 3.31. The molecule has 0 amide bonds.